The first-order valence-corrected chi connectivity index (χ1v) is 4.44. The quantitative estimate of drug-likeness (QED) is 0.374. The van der Waals surface area contributed by atoms with E-state index in [-0.39, 0.29) is 10.8 Å². The first-order valence-electron chi connectivity index (χ1n) is 2.01. The summed E-state index contributed by atoms with van der Waals surface area (Å²) >= 11 is 1.12. The Morgan fingerprint density at radius 2 is 2.44 bits per heavy atom. The predicted octanol–water partition coefficient (Wildman–Crippen LogP) is -0.561. The predicted molar refractivity (Wildman–Crippen MR) is 34.6 cm³/mol. The van der Waals surface area contributed by atoms with Gasteiger partial charge in [-0.1, -0.05) is 0 Å². The lowest BCUT2D eigenvalue weighted by Gasteiger charge is -1.87. The molecule has 0 radical (unpaired) electrons. The third-order valence-corrected chi connectivity index (χ3v) is 2.38. The lowest BCUT2D eigenvalue weighted by atomic mass is 10.9. The highest BCUT2D eigenvalue weighted by Gasteiger charge is 2.19. The van der Waals surface area contributed by atoms with Crippen molar-refractivity contribution < 1.29 is 13.0 Å². The molecule has 7 heteroatoms. The van der Waals surface area contributed by atoms with Crippen LogP contribution in [0.4, 0.5) is 0 Å². The van der Waals surface area contributed by atoms with E-state index in [0.717, 1.165) is 11.9 Å². The molecule has 1 aliphatic heterocycles. The van der Waals surface area contributed by atoms with Crippen molar-refractivity contribution in [3.63, 3.8) is 0 Å². The van der Waals surface area contributed by atoms with Crippen LogP contribution >= 0.6 is 11.9 Å². The lowest BCUT2D eigenvalue weighted by molar-refractivity contribution is 0.498. The summed E-state index contributed by atoms with van der Waals surface area (Å²) in [6, 6.07) is 0. The number of hydrogen-bond donors (Lipinski definition) is 2. The van der Waals surface area contributed by atoms with Crippen molar-refractivity contribution >= 4 is 27.1 Å². The molecule has 9 heavy (non-hydrogen) atoms. The summed E-state index contributed by atoms with van der Waals surface area (Å²) in [5.74, 6) is 0.193. The molecule has 5 nitrogen and oxygen atoms in total. The van der Waals surface area contributed by atoms with E-state index in [1.165, 1.54) is 0 Å². The van der Waals surface area contributed by atoms with E-state index in [9.17, 15) is 8.42 Å². The van der Waals surface area contributed by atoms with Gasteiger partial charge in [0.25, 0.3) is 0 Å². The number of nitrogens with one attached hydrogen (secondary N) is 1. The molecule has 0 saturated carbocycles. The molecule has 0 amide bonds. The molecule has 0 unspecified atom stereocenters. The Kier molecular flexibility index (Phi) is 1.64. The molecule has 0 aromatic heterocycles. The average Bonchev–Trinajstić information content (AvgIpc) is 2.08. The normalized spacial score (nSPS) is 19.0. The van der Waals surface area contributed by atoms with E-state index in [2.05, 4.69) is 9.93 Å². The molecular formula is C2H4N2O3S2. The highest BCUT2D eigenvalue weighted by Crippen LogP contribution is 2.06. The van der Waals surface area contributed by atoms with Crippen LogP contribution in [0.1, 0.15) is 0 Å². The molecule has 1 aliphatic rings. The zero-order chi connectivity index (χ0) is 6.91. The minimum Gasteiger partial charge on any atom is -0.281 e. The third-order valence-electron chi connectivity index (χ3n) is 0.728. The van der Waals surface area contributed by atoms with Gasteiger partial charge in [-0.3, -0.25) is 9.38 Å². The highest BCUT2D eigenvalue weighted by molar-refractivity contribution is 8.07. The van der Waals surface area contributed by atoms with Crippen LogP contribution in [-0.2, 0) is 10.1 Å². The summed E-state index contributed by atoms with van der Waals surface area (Å²) in [5.41, 5.74) is 0. The van der Waals surface area contributed by atoms with Crippen molar-refractivity contribution in [2.45, 2.75) is 0 Å². The van der Waals surface area contributed by atoms with Crippen molar-refractivity contribution in [1.82, 2.24) is 4.83 Å². The Bertz CT molecular complexity index is 230. The Balaban J connectivity index is 2.87. The molecule has 2 N–H and O–H groups in total. The standard InChI is InChI=1S/C2H4N2O3S2/c5-9(6,7)2-1-8-4-3-2/h4H,1H2,(H,5,6,7). The van der Waals surface area contributed by atoms with Crippen molar-refractivity contribution in [3.05, 3.63) is 0 Å². The van der Waals surface area contributed by atoms with Crippen LogP contribution in [0.2, 0.25) is 0 Å². The molecule has 0 bridgehead atoms. The van der Waals surface area contributed by atoms with Crippen LogP contribution in [0, 0.1) is 0 Å². The number of hydrogen-bond acceptors (Lipinski definition) is 5. The Hall–Kier alpha value is -0.270. The van der Waals surface area contributed by atoms with E-state index < -0.39 is 10.1 Å². The summed E-state index contributed by atoms with van der Waals surface area (Å²) in [7, 11) is -4.04. The maximum absolute atomic E-state index is 10.2. The van der Waals surface area contributed by atoms with Gasteiger partial charge in [-0.25, -0.2) is 0 Å². The van der Waals surface area contributed by atoms with Crippen LogP contribution in [-0.4, -0.2) is 23.8 Å². The zero-order valence-electron chi connectivity index (χ0n) is 4.23. The summed E-state index contributed by atoms with van der Waals surface area (Å²) in [5, 5.41) is 3.08. The summed E-state index contributed by atoms with van der Waals surface area (Å²) in [6.45, 7) is 0. The Morgan fingerprint density at radius 1 is 1.78 bits per heavy atom. The van der Waals surface area contributed by atoms with Crippen molar-refractivity contribution in [1.29, 1.82) is 0 Å². The lowest BCUT2D eigenvalue weighted by Crippen LogP contribution is -2.12. The van der Waals surface area contributed by atoms with Gasteiger partial charge in [0.05, 0.1) is 5.75 Å². The zero-order valence-corrected chi connectivity index (χ0v) is 5.87. The molecule has 0 atom stereocenters. The van der Waals surface area contributed by atoms with E-state index in [0.29, 0.717) is 0 Å². The van der Waals surface area contributed by atoms with Crippen molar-refractivity contribution in [2.24, 2.45) is 5.10 Å². The van der Waals surface area contributed by atoms with Gasteiger partial charge in [0.2, 0.25) is 0 Å². The first-order chi connectivity index (χ1) is 4.11. The fourth-order valence-electron chi connectivity index (χ4n) is 0.342. The second kappa shape index (κ2) is 2.16. The fourth-order valence-corrected chi connectivity index (χ4v) is 1.76. The van der Waals surface area contributed by atoms with Crippen LogP contribution < -0.4 is 4.83 Å². The van der Waals surface area contributed by atoms with E-state index in [1.807, 2.05) is 0 Å². The third kappa shape index (κ3) is 1.57. The van der Waals surface area contributed by atoms with Crippen molar-refractivity contribution in [3.8, 4) is 0 Å². The largest absolute Gasteiger partial charge is 0.310 e. The SMILES string of the molecule is O=S(=O)(O)C1=NNSC1. The second-order valence-electron chi connectivity index (χ2n) is 1.36. The van der Waals surface area contributed by atoms with E-state index in [1.54, 1.807) is 0 Å². The molecule has 1 heterocycles. The number of rotatable bonds is 0. The molecule has 0 aromatic rings. The van der Waals surface area contributed by atoms with Gasteiger partial charge >= 0.3 is 10.1 Å². The van der Waals surface area contributed by atoms with Gasteiger partial charge in [-0.2, -0.15) is 13.5 Å². The van der Waals surface area contributed by atoms with Crippen molar-refractivity contribution in [2.75, 3.05) is 5.75 Å². The van der Waals surface area contributed by atoms with Gasteiger partial charge in [-0.05, 0) is 11.9 Å². The maximum atomic E-state index is 10.2. The molecule has 52 valence electrons. The van der Waals surface area contributed by atoms with Gasteiger partial charge in [0, 0.05) is 0 Å². The number of hydrazone groups is 1. The van der Waals surface area contributed by atoms with Crippen LogP contribution in [0.3, 0.4) is 0 Å². The summed E-state index contributed by atoms with van der Waals surface area (Å²) in [6.07, 6.45) is 0. The molecule has 0 fully saturated rings. The average molecular weight is 168 g/mol. The van der Waals surface area contributed by atoms with Gasteiger partial charge in [0.15, 0.2) is 5.04 Å². The van der Waals surface area contributed by atoms with Gasteiger partial charge in [0.1, 0.15) is 0 Å². The first kappa shape index (κ1) is 6.84. The Labute approximate surface area is 56.4 Å². The van der Waals surface area contributed by atoms with Crippen LogP contribution in [0.15, 0.2) is 5.10 Å². The molecular weight excluding hydrogens is 164 g/mol. The fraction of sp³-hybridized carbons (Fsp3) is 0.500. The maximum Gasteiger partial charge on any atom is 0.310 e. The molecule has 0 aromatic carbocycles. The summed E-state index contributed by atoms with van der Waals surface area (Å²) in [4.78, 5) is 2.34. The van der Waals surface area contributed by atoms with Crippen LogP contribution in [0.5, 0.6) is 0 Å². The smallest absolute Gasteiger partial charge is 0.281 e. The molecule has 0 saturated heterocycles. The Morgan fingerprint density at radius 3 is 2.67 bits per heavy atom. The van der Waals surface area contributed by atoms with Crippen LogP contribution in [0.25, 0.3) is 0 Å². The minimum absolute atomic E-state index is 0.193. The van der Waals surface area contributed by atoms with E-state index >= 15 is 0 Å². The minimum atomic E-state index is -4.04. The number of nitrogens with zero attached hydrogens (tertiary/aromatic N) is 1. The highest BCUT2D eigenvalue weighted by atomic mass is 32.2. The molecule has 0 aliphatic carbocycles. The summed E-state index contributed by atoms with van der Waals surface area (Å²) < 4.78 is 28.7. The van der Waals surface area contributed by atoms with Gasteiger partial charge < -0.3 is 0 Å². The molecule has 0 spiro atoms. The van der Waals surface area contributed by atoms with Gasteiger partial charge in [-0.15, -0.1) is 0 Å². The molecule has 1 rings (SSSR count). The van der Waals surface area contributed by atoms with E-state index in [4.69, 9.17) is 4.55 Å². The second-order valence-corrected chi connectivity index (χ2v) is 3.54. The topological polar surface area (TPSA) is 78.8 Å². The monoisotopic (exact) mass is 168 g/mol.